The molecule has 8 nitrogen and oxygen atoms in total. The van der Waals surface area contributed by atoms with E-state index in [9.17, 15) is 9.59 Å². The Balaban J connectivity index is 1.88. The third kappa shape index (κ3) is 6.25. The highest BCUT2D eigenvalue weighted by atomic mass is 16.2. The zero-order valence-electron chi connectivity index (χ0n) is 14.5. The fraction of sp³-hybridized carbons (Fsp3) is 0.412. The van der Waals surface area contributed by atoms with Crippen molar-refractivity contribution in [2.45, 2.75) is 39.4 Å². The molecule has 4 N–H and O–H groups in total. The summed E-state index contributed by atoms with van der Waals surface area (Å²) in [5, 5.41) is 9.39. The molecule has 1 heterocycles. The standard InChI is InChI=1S/C17H24N6O2/c1-12(2)7-15(22-17(18)25)16(24)20-8-13-3-5-14(6-4-13)9-23-11-19-10-21-23/h3-6,10-12,15H,7-9H2,1-2H3,(H,20,24)(H3,18,22,25)/t15-/m0/s1. The summed E-state index contributed by atoms with van der Waals surface area (Å²) in [6, 6.07) is 6.55. The molecule has 0 spiro atoms. The van der Waals surface area contributed by atoms with Gasteiger partial charge in [0.25, 0.3) is 0 Å². The molecule has 0 bridgehead atoms. The lowest BCUT2D eigenvalue weighted by Gasteiger charge is -2.19. The Kier molecular flexibility index (Phi) is 6.50. The summed E-state index contributed by atoms with van der Waals surface area (Å²) in [6.07, 6.45) is 3.69. The van der Waals surface area contributed by atoms with Gasteiger partial charge in [-0.25, -0.2) is 14.5 Å². The molecule has 0 saturated heterocycles. The van der Waals surface area contributed by atoms with Gasteiger partial charge in [0.15, 0.2) is 0 Å². The molecular formula is C17H24N6O2. The van der Waals surface area contributed by atoms with Crippen LogP contribution >= 0.6 is 0 Å². The Morgan fingerprint density at radius 1 is 1.20 bits per heavy atom. The van der Waals surface area contributed by atoms with Crippen molar-refractivity contribution in [3.63, 3.8) is 0 Å². The topological polar surface area (TPSA) is 115 Å². The lowest BCUT2D eigenvalue weighted by atomic mass is 10.0. The van der Waals surface area contributed by atoms with Gasteiger partial charge in [0.2, 0.25) is 5.91 Å². The third-order valence-electron chi connectivity index (χ3n) is 3.64. The Bertz CT molecular complexity index is 682. The molecule has 8 heteroatoms. The molecule has 3 amide bonds. The van der Waals surface area contributed by atoms with Crippen molar-refractivity contribution in [3.8, 4) is 0 Å². The molecule has 2 rings (SSSR count). The van der Waals surface area contributed by atoms with Gasteiger partial charge in [0.05, 0.1) is 6.54 Å². The van der Waals surface area contributed by atoms with Crippen molar-refractivity contribution >= 4 is 11.9 Å². The van der Waals surface area contributed by atoms with Gasteiger partial charge in [-0.05, 0) is 23.5 Å². The van der Waals surface area contributed by atoms with Crippen molar-refractivity contribution in [1.82, 2.24) is 25.4 Å². The molecule has 0 unspecified atom stereocenters. The highest BCUT2D eigenvalue weighted by Gasteiger charge is 2.20. The molecule has 0 aliphatic heterocycles. The maximum Gasteiger partial charge on any atom is 0.312 e. The average Bonchev–Trinajstić information content (AvgIpc) is 3.05. The van der Waals surface area contributed by atoms with Crippen LogP contribution in [0.4, 0.5) is 4.79 Å². The molecule has 1 aromatic carbocycles. The number of nitrogens with one attached hydrogen (secondary N) is 2. The predicted octanol–water partition coefficient (Wildman–Crippen LogP) is 1.03. The molecule has 1 aromatic heterocycles. The van der Waals surface area contributed by atoms with Crippen molar-refractivity contribution in [3.05, 3.63) is 48.0 Å². The van der Waals surface area contributed by atoms with Gasteiger partial charge < -0.3 is 16.4 Å². The second-order valence-electron chi connectivity index (χ2n) is 6.32. The van der Waals surface area contributed by atoms with Crippen LogP contribution in [0.25, 0.3) is 0 Å². The molecule has 1 atom stereocenters. The number of nitrogens with zero attached hydrogens (tertiary/aromatic N) is 3. The number of primary amides is 1. The maximum absolute atomic E-state index is 12.3. The summed E-state index contributed by atoms with van der Waals surface area (Å²) in [4.78, 5) is 27.2. The van der Waals surface area contributed by atoms with E-state index in [0.29, 0.717) is 19.5 Å². The van der Waals surface area contributed by atoms with Crippen LogP contribution in [0, 0.1) is 5.92 Å². The minimum atomic E-state index is -0.696. The van der Waals surface area contributed by atoms with Crippen LogP contribution in [-0.2, 0) is 17.9 Å². The van der Waals surface area contributed by atoms with Crippen LogP contribution in [0.5, 0.6) is 0 Å². The van der Waals surface area contributed by atoms with Gasteiger partial charge in [0, 0.05) is 6.54 Å². The highest BCUT2D eigenvalue weighted by molar-refractivity contribution is 5.86. The van der Waals surface area contributed by atoms with Crippen LogP contribution in [-0.4, -0.2) is 32.7 Å². The lowest BCUT2D eigenvalue weighted by molar-refractivity contribution is -0.123. The smallest absolute Gasteiger partial charge is 0.312 e. The second kappa shape index (κ2) is 8.81. The number of rotatable bonds is 8. The summed E-state index contributed by atoms with van der Waals surface area (Å²) in [7, 11) is 0. The summed E-state index contributed by atoms with van der Waals surface area (Å²) in [6.45, 7) is 5.00. The predicted molar refractivity (Wildman–Crippen MR) is 93.4 cm³/mol. The number of carbonyl (C=O) groups excluding carboxylic acids is 2. The van der Waals surface area contributed by atoms with Crippen molar-refractivity contribution in [1.29, 1.82) is 0 Å². The lowest BCUT2D eigenvalue weighted by Crippen LogP contribution is -2.49. The number of carbonyl (C=O) groups is 2. The zero-order valence-corrected chi connectivity index (χ0v) is 14.5. The number of aromatic nitrogens is 3. The fourth-order valence-corrected chi connectivity index (χ4v) is 2.45. The third-order valence-corrected chi connectivity index (χ3v) is 3.64. The maximum atomic E-state index is 12.3. The van der Waals surface area contributed by atoms with Gasteiger partial charge in [0.1, 0.15) is 18.7 Å². The molecule has 0 saturated carbocycles. The number of benzene rings is 1. The van der Waals surface area contributed by atoms with E-state index in [2.05, 4.69) is 20.7 Å². The number of hydrogen-bond donors (Lipinski definition) is 3. The van der Waals surface area contributed by atoms with Crippen LogP contribution in [0.1, 0.15) is 31.4 Å². The molecule has 0 fully saturated rings. The van der Waals surface area contributed by atoms with Gasteiger partial charge in [-0.3, -0.25) is 4.79 Å². The highest BCUT2D eigenvalue weighted by Crippen LogP contribution is 2.08. The number of amides is 3. The molecule has 25 heavy (non-hydrogen) atoms. The quantitative estimate of drug-likeness (QED) is 0.663. The molecule has 2 aromatic rings. The van der Waals surface area contributed by atoms with Crippen molar-refractivity contribution in [2.24, 2.45) is 11.7 Å². The minimum Gasteiger partial charge on any atom is -0.352 e. The molecule has 0 aliphatic carbocycles. The number of urea groups is 1. The first-order chi connectivity index (χ1) is 11.9. The average molecular weight is 344 g/mol. The van der Waals surface area contributed by atoms with Crippen molar-refractivity contribution in [2.75, 3.05) is 0 Å². The largest absolute Gasteiger partial charge is 0.352 e. The number of nitrogens with two attached hydrogens (primary N) is 1. The van der Waals surface area contributed by atoms with Gasteiger partial charge in [-0.15, -0.1) is 0 Å². The Hall–Kier alpha value is -2.90. The van der Waals surface area contributed by atoms with Crippen LogP contribution in [0.3, 0.4) is 0 Å². The number of hydrogen-bond acceptors (Lipinski definition) is 4. The van der Waals surface area contributed by atoms with Gasteiger partial charge >= 0.3 is 6.03 Å². The first-order valence-electron chi connectivity index (χ1n) is 8.18. The normalized spacial score (nSPS) is 12.0. The molecule has 0 aliphatic rings. The van der Waals surface area contributed by atoms with Crippen LogP contribution in [0.2, 0.25) is 0 Å². The fourth-order valence-electron chi connectivity index (χ4n) is 2.45. The molecule has 0 radical (unpaired) electrons. The van der Waals surface area contributed by atoms with E-state index in [1.807, 2.05) is 38.1 Å². The van der Waals surface area contributed by atoms with E-state index >= 15 is 0 Å². The zero-order chi connectivity index (χ0) is 18.2. The Morgan fingerprint density at radius 2 is 1.88 bits per heavy atom. The summed E-state index contributed by atoms with van der Waals surface area (Å²) < 4.78 is 1.74. The van der Waals surface area contributed by atoms with Crippen LogP contribution < -0.4 is 16.4 Å². The van der Waals surface area contributed by atoms with E-state index in [4.69, 9.17) is 5.73 Å². The Labute approximate surface area is 146 Å². The Morgan fingerprint density at radius 3 is 2.44 bits per heavy atom. The van der Waals surface area contributed by atoms with Gasteiger partial charge in [-0.1, -0.05) is 38.1 Å². The monoisotopic (exact) mass is 344 g/mol. The van der Waals surface area contributed by atoms with Crippen molar-refractivity contribution < 1.29 is 9.59 Å². The van der Waals surface area contributed by atoms with Gasteiger partial charge in [-0.2, -0.15) is 5.10 Å². The summed E-state index contributed by atoms with van der Waals surface area (Å²) in [5.41, 5.74) is 7.21. The SMILES string of the molecule is CC(C)C[C@H](NC(N)=O)C(=O)NCc1ccc(Cn2cncn2)cc1. The molecule has 134 valence electrons. The van der Waals surface area contributed by atoms with E-state index in [0.717, 1.165) is 11.1 Å². The van der Waals surface area contributed by atoms with E-state index < -0.39 is 12.1 Å². The van der Waals surface area contributed by atoms with Crippen LogP contribution in [0.15, 0.2) is 36.9 Å². The second-order valence-corrected chi connectivity index (χ2v) is 6.32. The molecular weight excluding hydrogens is 320 g/mol. The van der Waals surface area contributed by atoms with E-state index in [-0.39, 0.29) is 11.8 Å². The summed E-state index contributed by atoms with van der Waals surface area (Å²) >= 11 is 0. The summed E-state index contributed by atoms with van der Waals surface area (Å²) in [5.74, 6) is 0.0258. The first kappa shape index (κ1) is 18.4. The van der Waals surface area contributed by atoms with E-state index in [1.54, 1.807) is 11.0 Å². The van der Waals surface area contributed by atoms with E-state index in [1.165, 1.54) is 6.33 Å². The minimum absolute atomic E-state index is 0.237. The first-order valence-corrected chi connectivity index (χ1v) is 8.18.